The van der Waals surface area contributed by atoms with Crippen molar-refractivity contribution in [3.63, 3.8) is 0 Å². The van der Waals surface area contributed by atoms with Crippen molar-refractivity contribution in [2.75, 3.05) is 13.7 Å². The van der Waals surface area contributed by atoms with Crippen molar-refractivity contribution < 1.29 is 23.4 Å². The summed E-state index contributed by atoms with van der Waals surface area (Å²) >= 11 is 6.28. The molecule has 0 amide bonds. The SMILES string of the molecule is CCOC(=O)C(C#N)=Cc1cc(Cl)c(OCc2ccc(F)cc2)c(OC)c1. The Kier molecular flexibility index (Phi) is 7.21. The Labute approximate surface area is 161 Å². The lowest BCUT2D eigenvalue weighted by Crippen LogP contribution is -2.06. The van der Waals surface area contributed by atoms with Crippen molar-refractivity contribution in [2.24, 2.45) is 0 Å². The third-order valence-electron chi connectivity index (χ3n) is 3.48. The molecule has 0 saturated carbocycles. The minimum atomic E-state index is -0.716. The van der Waals surface area contributed by atoms with Gasteiger partial charge in [0, 0.05) is 0 Å². The zero-order valence-corrected chi connectivity index (χ0v) is 15.5. The molecule has 2 rings (SSSR count). The Bertz CT molecular complexity index is 888. The minimum Gasteiger partial charge on any atom is -0.493 e. The molecule has 2 aromatic carbocycles. The predicted octanol–water partition coefficient (Wildman–Crippen LogP) is 4.54. The molecule has 0 spiro atoms. The number of rotatable bonds is 7. The number of carbonyl (C=O) groups excluding carboxylic acids is 1. The van der Waals surface area contributed by atoms with Crippen LogP contribution in [0.5, 0.6) is 11.5 Å². The van der Waals surface area contributed by atoms with Crippen LogP contribution in [-0.4, -0.2) is 19.7 Å². The monoisotopic (exact) mass is 389 g/mol. The quantitative estimate of drug-likeness (QED) is 0.395. The van der Waals surface area contributed by atoms with E-state index in [9.17, 15) is 9.18 Å². The molecule has 0 N–H and O–H groups in total. The van der Waals surface area contributed by atoms with E-state index in [1.165, 1.54) is 25.3 Å². The van der Waals surface area contributed by atoms with Gasteiger partial charge in [0.2, 0.25) is 0 Å². The smallest absolute Gasteiger partial charge is 0.348 e. The highest BCUT2D eigenvalue weighted by Crippen LogP contribution is 2.37. The topological polar surface area (TPSA) is 68.6 Å². The maximum absolute atomic E-state index is 13.0. The van der Waals surface area contributed by atoms with Crippen LogP contribution in [0, 0.1) is 17.1 Å². The van der Waals surface area contributed by atoms with Gasteiger partial charge in [-0.1, -0.05) is 23.7 Å². The van der Waals surface area contributed by atoms with Crippen LogP contribution in [0.3, 0.4) is 0 Å². The van der Waals surface area contributed by atoms with Gasteiger partial charge in [-0.3, -0.25) is 0 Å². The molecule has 0 aliphatic heterocycles. The van der Waals surface area contributed by atoms with Crippen molar-refractivity contribution in [3.8, 4) is 17.6 Å². The van der Waals surface area contributed by atoms with Crippen LogP contribution in [0.2, 0.25) is 5.02 Å². The molecule has 0 aromatic heterocycles. The van der Waals surface area contributed by atoms with Gasteiger partial charge in [0.15, 0.2) is 11.5 Å². The summed E-state index contributed by atoms with van der Waals surface area (Å²) in [7, 11) is 1.44. The highest BCUT2D eigenvalue weighted by molar-refractivity contribution is 6.32. The lowest BCUT2D eigenvalue weighted by Gasteiger charge is -2.13. The first kappa shape index (κ1) is 20.3. The third kappa shape index (κ3) is 5.47. The van der Waals surface area contributed by atoms with Gasteiger partial charge < -0.3 is 14.2 Å². The molecule has 140 valence electrons. The number of ether oxygens (including phenoxy) is 3. The second kappa shape index (κ2) is 9.60. The number of esters is 1. The van der Waals surface area contributed by atoms with Crippen LogP contribution in [-0.2, 0) is 16.1 Å². The molecule has 7 heteroatoms. The van der Waals surface area contributed by atoms with Crippen molar-refractivity contribution >= 4 is 23.6 Å². The van der Waals surface area contributed by atoms with E-state index in [1.54, 1.807) is 37.3 Å². The zero-order valence-electron chi connectivity index (χ0n) is 14.8. The Morgan fingerprint density at radius 2 is 2.00 bits per heavy atom. The number of nitrogens with zero attached hydrogens (tertiary/aromatic N) is 1. The standard InChI is InChI=1S/C20H17ClFNO4/c1-3-26-20(24)15(11-23)8-14-9-17(21)19(18(10-14)25-2)27-12-13-4-6-16(22)7-5-13/h4-10H,3,12H2,1-2H3. The zero-order chi connectivity index (χ0) is 19.8. The number of benzene rings is 2. The number of carbonyl (C=O) groups is 1. The summed E-state index contributed by atoms with van der Waals surface area (Å²) in [6.07, 6.45) is 1.36. The van der Waals surface area contributed by atoms with Crippen LogP contribution in [0.15, 0.2) is 42.0 Å². The van der Waals surface area contributed by atoms with E-state index in [4.69, 9.17) is 31.1 Å². The molecule has 0 heterocycles. The van der Waals surface area contributed by atoms with Gasteiger partial charge in [-0.15, -0.1) is 0 Å². The molecule has 0 aliphatic carbocycles. The maximum Gasteiger partial charge on any atom is 0.348 e. The van der Waals surface area contributed by atoms with Crippen molar-refractivity contribution in [2.45, 2.75) is 13.5 Å². The van der Waals surface area contributed by atoms with Gasteiger partial charge in [-0.2, -0.15) is 5.26 Å². The minimum absolute atomic E-state index is 0.157. The number of methoxy groups -OCH3 is 1. The second-order valence-electron chi connectivity index (χ2n) is 5.34. The summed E-state index contributed by atoms with van der Waals surface area (Å²) in [5.74, 6) is -0.417. The van der Waals surface area contributed by atoms with Crippen LogP contribution in [0.1, 0.15) is 18.1 Å². The van der Waals surface area contributed by atoms with Crippen molar-refractivity contribution in [1.29, 1.82) is 5.26 Å². The maximum atomic E-state index is 13.0. The summed E-state index contributed by atoms with van der Waals surface area (Å²) in [5.41, 5.74) is 1.08. The lowest BCUT2D eigenvalue weighted by atomic mass is 10.1. The average molecular weight is 390 g/mol. The third-order valence-corrected chi connectivity index (χ3v) is 3.76. The molecule has 0 aliphatic rings. The van der Waals surface area contributed by atoms with E-state index in [0.717, 1.165) is 5.56 Å². The average Bonchev–Trinajstić information content (AvgIpc) is 2.66. The first-order valence-corrected chi connectivity index (χ1v) is 8.40. The summed E-state index contributed by atoms with van der Waals surface area (Å²) in [5, 5.41) is 9.37. The Balaban J connectivity index is 2.27. The largest absolute Gasteiger partial charge is 0.493 e. The van der Waals surface area contributed by atoms with E-state index < -0.39 is 5.97 Å². The Morgan fingerprint density at radius 1 is 1.30 bits per heavy atom. The van der Waals surface area contributed by atoms with Crippen LogP contribution >= 0.6 is 11.6 Å². The van der Waals surface area contributed by atoms with Gasteiger partial charge in [-0.25, -0.2) is 9.18 Å². The Hall–Kier alpha value is -3.04. The first-order valence-electron chi connectivity index (χ1n) is 8.02. The fraction of sp³-hybridized carbons (Fsp3) is 0.200. The molecule has 0 unspecified atom stereocenters. The van der Waals surface area contributed by atoms with Crippen LogP contribution < -0.4 is 9.47 Å². The van der Waals surface area contributed by atoms with Gasteiger partial charge in [0.05, 0.1) is 18.7 Å². The normalized spacial score (nSPS) is 10.9. The van der Waals surface area contributed by atoms with Crippen molar-refractivity contribution in [1.82, 2.24) is 0 Å². The molecule has 27 heavy (non-hydrogen) atoms. The molecule has 0 saturated heterocycles. The Morgan fingerprint density at radius 3 is 2.59 bits per heavy atom. The van der Waals surface area contributed by atoms with Crippen LogP contribution in [0.25, 0.3) is 6.08 Å². The molecule has 0 bridgehead atoms. The highest BCUT2D eigenvalue weighted by atomic mass is 35.5. The summed E-state index contributed by atoms with van der Waals surface area (Å²) in [4.78, 5) is 11.7. The lowest BCUT2D eigenvalue weighted by molar-refractivity contribution is -0.137. The summed E-state index contributed by atoms with van der Waals surface area (Å²) in [6, 6.07) is 10.8. The molecule has 0 fully saturated rings. The molecule has 2 aromatic rings. The number of hydrogen-bond acceptors (Lipinski definition) is 5. The van der Waals surface area contributed by atoms with E-state index >= 15 is 0 Å². The molecular formula is C20H17ClFNO4. The molecular weight excluding hydrogens is 373 g/mol. The van der Waals surface area contributed by atoms with E-state index in [2.05, 4.69) is 0 Å². The van der Waals surface area contributed by atoms with Crippen molar-refractivity contribution in [3.05, 3.63) is 63.9 Å². The molecule has 5 nitrogen and oxygen atoms in total. The second-order valence-corrected chi connectivity index (χ2v) is 5.75. The molecule has 0 atom stereocenters. The summed E-state index contributed by atoms with van der Waals surface area (Å²) in [6.45, 7) is 1.98. The number of halogens is 2. The molecule has 0 radical (unpaired) electrons. The predicted molar refractivity (Wildman–Crippen MR) is 99.0 cm³/mol. The first-order chi connectivity index (χ1) is 13.0. The van der Waals surface area contributed by atoms with Crippen LogP contribution in [0.4, 0.5) is 4.39 Å². The highest BCUT2D eigenvalue weighted by Gasteiger charge is 2.14. The van der Waals surface area contributed by atoms with Gasteiger partial charge in [0.25, 0.3) is 0 Å². The van der Waals surface area contributed by atoms with Gasteiger partial charge in [0.1, 0.15) is 24.1 Å². The van der Waals surface area contributed by atoms with Gasteiger partial charge >= 0.3 is 5.97 Å². The fourth-order valence-electron chi connectivity index (χ4n) is 2.21. The number of nitriles is 1. The van der Waals surface area contributed by atoms with E-state index in [0.29, 0.717) is 17.1 Å². The summed E-state index contributed by atoms with van der Waals surface area (Å²) < 4.78 is 28.8. The van der Waals surface area contributed by atoms with Gasteiger partial charge in [-0.05, 0) is 48.4 Å². The number of hydrogen-bond donors (Lipinski definition) is 0. The van der Waals surface area contributed by atoms with E-state index in [1.807, 2.05) is 0 Å². The fourth-order valence-corrected chi connectivity index (χ4v) is 2.49. The van der Waals surface area contributed by atoms with E-state index in [-0.39, 0.29) is 29.6 Å².